The van der Waals surface area contributed by atoms with Gasteiger partial charge >= 0.3 is 6.16 Å². The van der Waals surface area contributed by atoms with E-state index in [1.165, 1.54) is 73.6 Å². The Labute approximate surface area is 225 Å². The third-order valence-corrected chi connectivity index (χ3v) is 8.96. The van der Waals surface area contributed by atoms with E-state index in [-0.39, 0.29) is 0 Å². The van der Waals surface area contributed by atoms with Gasteiger partial charge in [0.15, 0.2) is 0 Å². The molecule has 0 bridgehead atoms. The van der Waals surface area contributed by atoms with Crippen LogP contribution >= 0.6 is 0 Å². The molecule has 0 spiro atoms. The van der Waals surface area contributed by atoms with Gasteiger partial charge in [0.05, 0.1) is 6.61 Å². The minimum absolute atomic E-state index is 0.405. The van der Waals surface area contributed by atoms with Crippen molar-refractivity contribution >= 4 is 6.16 Å². The summed E-state index contributed by atoms with van der Waals surface area (Å²) in [5, 5.41) is 0. The third-order valence-electron chi connectivity index (χ3n) is 8.96. The van der Waals surface area contributed by atoms with Crippen molar-refractivity contribution in [3.05, 3.63) is 59.7 Å². The van der Waals surface area contributed by atoms with Crippen LogP contribution in [0, 0.1) is 5.92 Å². The van der Waals surface area contributed by atoms with Crippen LogP contribution in [0.1, 0.15) is 127 Å². The van der Waals surface area contributed by atoms with E-state index in [4.69, 9.17) is 9.47 Å². The van der Waals surface area contributed by atoms with Crippen LogP contribution in [-0.2, 0) is 9.47 Å². The molecule has 4 rings (SSSR count). The zero-order valence-electron chi connectivity index (χ0n) is 23.5. The summed E-state index contributed by atoms with van der Waals surface area (Å²) >= 11 is 0. The lowest BCUT2D eigenvalue weighted by Crippen LogP contribution is -2.36. The average molecular weight is 505 g/mol. The SMILES string of the molecule is CCCCC[C@H]1CC[C@H](c2ccc(-c3ccc(C4CCC(C)(OC(=O)OCCC)CC4)cc3)cc2)CC1. The number of rotatable bonds is 10. The largest absolute Gasteiger partial charge is 0.508 e. The lowest BCUT2D eigenvalue weighted by atomic mass is 9.76. The predicted molar refractivity (Wildman–Crippen MR) is 153 cm³/mol. The highest BCUT2D eigenvalue weighted by Gasteiger charge is 2.35. The summed E-state index contributed by atoms with van der Waals surface area (Å²) in [7, 11) is 0. The Bertz CT molecular complexity index is 946. The molecule has 3 nitrogen and oxygen atoms in total. The molecule has 0 aromatic heterocycles. The molecule has 202 valence electrons. The minimum Gasteiger partial charge on any atom is -0.434 e. The maximum absolute atomic E-state index is 11.9. The molecule has 0 unspecified atom stereocenters. The lowest BCUT2D eigenvalue weighted by molar-refractivity contribution is -0.0464. The van der Waals surface area contributed by atoms with Gasteiger partial charge in [-0.25, -0.2) is 4.79 Å². The predicted octanol–water partition coefficient (Wildman–Crippen LogP) is 10.2. The molecule has 2 aromatic rings. The van der Waals surface area contributed by atoms with Crippen LogP contribution in [0.15, 0.2) is 48.5 Å². The van der Waals surface area contributed by atoms with Gasteiger partial charge in [-0.2, -0.15) is 0 Å². The Hall–Kier alpha value is -2.29. The Morgan fingerprint density at radius 2 is 1.30 bits per heavy atom. The van der Waals surface area contributed by atoms with Crippen molar-refractivity contribution in [1.82, 2.24) is 0 Å². The molecule has 0 saturated heterocycles. The lowest BCUT2D eigenvalue weighted by Gasteiger charge is -2.36. The molecule has 0 atom stereocenters. The van der Waals surface area contributed by atoms with Gasteiger partial charge in [0.1, 0.15) is 5.60 Å². The molecule has 0 aliphatic heterocycles. The molecular weight excluding hydrogens is 456 g/mol. The van der Waals surface area contributed by atoms with E-state index >= 15 is 0 Å². The van der Waals surface area contributed by atoms with E-state index in [1.807, 2.05) is 13.8 Å². The topological polar surface area (TPSA) is 35.5 Å². The zero-order chi connectivity index (χ0) is 26.1. The van der Waals surface area contributed by atoms with Crippen LogP contribution < -0.4 is 0 Å². The molecule has 37 heavy (non-hydrogen) atoms. The standard InChI is InChI=1S/C34H48O3/c1-4-6-7-8-26-9-11-27(12-10-26)28-13-15-29(16-14-28)30-17-19-31(20-18-30)32-21-23-34(3,24-22-32)37-33(35)36-25-5-2/h13-20,26-27,32H,4-12,21-25H2,1-3H3/t26-,27-,32?,34?. The van der Waals surface area contributed by atoms with Crippen molar-refractivity contribution in [3.8, 4) is 11.1 Å². The second-order valence-corrected chi connectivity index (χ2v) is 11.9. The Morgan fingerprint density at radius 3 is 1.81 bits per heavy atom. The van der Waals surface area contributed by atoms with Crippen molar-refractivity contribution in [3.63, 3.8) is 0 Å². The molecule has 2 aromatic carbocycles. The highest BCUT2D eigenvalue weighted by atomic mass is 16.7. The number of benzene rings is 2. The fraction of sp³-hybridized carbons (Fsp3) is 0.618. The molecule has 0 radical (unpaired) electrons. The molecule has 2 aliphatic carbocycles. The first-order valence-corrected chi connectivity index (χ1v) is 15.1. The van der Waals surface area contributed by atoms with Gasteiger partial charge in [-0.1, -0.05) is 88.1 Å². The first-order valence-electron chi connectivity index (χ1n) is 15.1. The van der Waals surface area contributed by atoms with Crippen molar-refractivity contribution < 1.29 is 14.3 Å². The number of ether oxygens (including phenoxy) is 2. The van der Waals surface area contributed by atoms with Crippen molar-refractivity contribution in [2.75, 3.05) is 6.61 Å². The summed E-state index contributed by atoms with van der Waals surface area (Å²) in [6, 6.07) is 18.5. The second kappa shape index (κ2) is 13.5. The fourth-order valence-corrected chi connectivity index (χ4v) is 6.44. The maximum Gasteiger partial charge on any atom is 0.508 e. The van der Waals surface area contributed by atoms with E-state index in [2.05, 4.69) is 55.5 Å². The summed E-state index contributed by atoms with van der Waals surface area (Å²) in [4.78, 5) is 11.9. The van der Waals surface area contributed by atoms with Crippen LogP contribution in [0.2, 0.25) is 0 Å². The van der Waals surface area contributed by atoms with Crippen LogP contribution in [0.25, 0.3) is 11.1 Å². The van der Waals surface area contributed by atoms with Gasteiger partial charge < -0.3 is 9.47 Å². The molecule has 0 N–H and O–H groups in total. The van der Waals surface area contributed by atoms with Gasteiger partial charge in [-0.05, 0) is 105 Å². The number of carbonyl (C=O) groups is 1. The first-order chi connectivity index (χ1) is 18.0. The molecule has 0 heterocycles. The van der Waals surface area contributed by atoms with Gasteiger partial charge in [0.25, 0.3) is 0 Å². The molecule has 0 amide bonds. The van der Waals surface area contributed by atoms with Crippen molar-refractivity contribution in [1.29, 1.82) is 0 Å². The summed E-state index contributed by atoms with van der Waals surface area (Å²) in [5.74, 6) is 2.23. The molecule has 2 saturated carbocycles. The van der Waals surface area contributed by atoms with Gasteiger partial charge in [0, 0.05) is 0 Å². The summed E-state index contributed by atoms with van der Waals surface area (Å²) in [6.07, 6.45) is 15.2. The fourth-order valence-electron chi connectivity index (χ4n) is 6.44. The van der Waals surface area contributed by atoms with Crippen LogP contribution in [0.5, 0.6) is 0 Å². The molecule has 3 heteroatoms. The highest BCUT2D eigenvalue weighted by molar-refractivity contribution is 5.64. The normalized spacial score (nSPS) is 26.0. The van der Waals surface area contributed by atoms with Crippen LogP contribution in [0.4, 0.5) is 4.79 Å². The van der Waals surface area contributed by atoms with E-state index < -0.39 is 11.8 Å². The summed E-state index contributed by atoms with van der Waals surface area (Å²) in [5.41, 5.74) is 5.11. The van der Waals surface area contributed by atoms with Crippen LogP contribution in [-0.4, -0.2) is 18.4 Å². The minimum atomic E-state index is -0.520. The van der Waals surface area contributed by atoms with Crippen LogP contribution in [0.3, 0.4) is 0 Å². The first kappa shape index (κ1) is 27.7. The van der Waals surface area contributed by atoms with E-state index in [1.54, 1.807) is 0 Å². The van der Waals surface area contributed by atoms with Gasteiger partial charge in [0.2, 0.25) is 0 Å². The van der Waals surface area contributed by atoms with Crippen molar-refractivity contribution in [2.45, 2.75) is 122 Å². The number of unbranched alkanes of at least 4 members (excludes halogenated alkanes) is 2. The zero-order valence-corrected chi connectivity index (χ0v) is 23.5. The average Bonchev–Trinajstić information content (AvgIpc) is 2.93. The number of hydrogen-bond acceptors (Lipinski definition) is 3. The number of carbonyl (C=O) groups excluding carboxylic acids is 1. The number of hydrogen-bond donors (Lipinski definition) is 0. The van der Waals surface area contributed by atoms with Gasteiger partial charge in [-0.15, -0.1) is 0 Å². The Morgan fingerprint density at radius 1 is 0.757 bits per heavy atom. The second-order valence-electron chi connectivity index (χ2n) is 11.9. The Balaban J connectivity index is 1.26. The smallest absolute Gasteiger partial charge is 0.434 e. The molecular formula is C34H48O3. The maximum atomic E-state index is 11.9. The third kappa shape index (κ3) is 7.85. The monoisotopic (exact) mass is 504 g/mol. The summed E-state index contributed by atoms with van der Waals surface area (Å²) in [6.45, 7) is 6.75. The van der Waals surface area contributed by atoms with E-state index in [9.17, 15) is 4.79 Å². The molecule has 2 fully saturated rings. The Kier molecular flexibility index (Phi) is 10.1. The highest BCUT2D eigenvalue weighted by Crippen LogP contribution is 2.41. The van der Waals surface area contributed by atoms with Crippen molar-refractivity contribution in [2.24, 2.45) is 5.92 Å². The molecule has 2 aliphatic rings. The quantitative estimate of drug-likeness (QED) is 0.238. The van der Waals surface area contributed by atoms with Gasteiger partial charge in [-0.3, -0.25) is 0 Å². The summed E-state index contributed by atoms with van der Waals surface area (Å²) < 4.78 is 10.8. The van der Waals surface area contributed by atoms with E-state index in [0.717, 1.165) is 43.9 Å². The van der Waals surface area contributed by atoms with E-state index in [0.29, 0.717) is 12.5 Å².